The van der Waals surface area contributed by atoms with Crippen LogP contribution >= 0.6 is 11.6 Å². The average molecular weight is 253 g/mol. The van der Waals surface area contributed by atoms with Crippen molar-refractivity contribution in [2.75, 3.05) is 7.11 Å². The third-order valence-electron chi connectivity index (χ3n) is 2.41. The van der Waals surface area contributed by atoms with Gasteiger partial charge in [0.1, 0.15) is 0 Å². The first-order chi connectivity index (χ1) is 8.13. The molecule has 0 N–H and O–H groups in total. The second-order valence-electron chi connectivity index (χ2n) is 3.89. The van der Waals surface area contributed by atoms with Gasteiger partial charge in [-0.05, 0) is 12.0 Å². The molecule has 0 spiro atoms. The molecule has 0 aliphatic carbocycles. The summed E-state index contributed by atoms with van der Waals surface area (Å²) in [6.45, 7) is 4.12. The number of pyridine rings is 1. The summed E-state index contributed by atoms with van der Waals surface area (Å²) in [7, 11) is 1.59. The Morgan fingerprint density at radius 1 is 1.41 bits per heavy atom. The Bertz CT molecular complexity index is 510. The van der Waals surface area contributed by atoms with Crippen LogP contribution in [0.2, 0.25) is 5.02 Å². The molecule has 90 valence electrons. The molecule has 0 unspecified atom stereocenters. The van der Waals surface area contributed by atoms with Crippen LogP contribution in [0.4, 0.5) is 0 Å². The van der Waals surface area contributed by atoms with Gasteiger partial charge in [-0.2, -0.15) is 4.98 Å². The number of ether oxygens (including phenoxy) is 1. The molecule has 0 fully saturated rings. The van der Waals surface area contributed by atoms with E-state index in [9.17, 15) is 0 Å². The lowest BCUT2D eigenvalue weighted by atomic mass is 10.1. The van der Waals surface area contributed by atoms with Crippen molar-refractivity contribution in [1.82, 2.24) is 20.0 Å². The van der Waals surface area contributed by atoms with E-state index in [-0.39, 0.29) is 0 Å². The van der Waals surface area contributed by atoms with E-state index >= 15 is 0 Å². The van der Waals surface area contributed by atoms with Crippen LogP contribution in [0.1, 0.15) is 25.3 Å². The molecule has 2 heterocycles. The van der Waals surface area contributed by atoms with Gasteiger partial charge < -0.3 is 4.74 Å². The Morgan fingerprint density at radius 2 is 2.18 bits per heavy atom. The molecule has 6 heteroatoms. The summed E-state index contributed by atoms with van der Waals surface area (Å²) in [5.74, 6) is 1.38. The van der Waals surface area contributed by atoms with E-state index in [0.29, 0.717) is 22.6 Å². The van der Waals surface area contributed by atoms with Crippen LogP contribution in [0.3, 0.4) is 0 Å². The monoisotopic (exact) mass is 252 g/mol. The highest BCUT2D eigenvalue weighted by molar-refractivity contribution is 6.32. The quantitative estimate of drug-likeness (QED) is 0.842. The fourth-order valence-electron chi connectivity index (χ4n) is 1.54. The molecule has 0 aromatic carbocycles. The van der Waals surface area contributed by atoms with Gasteiger partial charge in [0.05, 0.1) is 24.5 Å². The smallest absolute Gasteiger partial charge is 0.218 e. The molecule has 0 saturated carbocycles. The lowest BCUT2D eigenvalue weighted by molar-refractivity contribution is 0.389. The van der Waals surface area contributed by atoms with Crippen LogP contribution in [0.15, 0.2) is 18.5 Å². The molecule has 5 nitrogen and oxygen atoms in total. The van der Waals surface area contributed by atoms with E-state index < -0.39 is 0 Å². The van der Waals surface area contributed by atoms with E-state index in [1.807, 2.05) is 6.07 Å². The van der Waals surface area contributed by atoms with Gasteiger partial charge in [-0.1, -0.05) is 30.7 Å². The Hall–Kier alpha value is -1.62. The lowest BCUT2D eigenvalue weighted by Gasteiger charge is -2.13. The van der Waals surface area contributed by atoms with Crippen molar-refractivity contribution in [1.29, 1.82) is 0 Å². The average Bonchev–Trinajstić information content (AvgIpc) is 2.82. The molecule has 0 amide bonds. The number of aromatic nitrogens is 4. The molecule has 0 aliphatic heterocycles. The Labute approximate surface area is 104 Å². The number of methoxy groups -OCH3 is 1. The van der Waals surface area contributed by atoms with Crippen molar-refractivity contribution in [2.45, 2.75) is 19.8 Å². The summed E-state index contributed by atoms with van der Waals surface area (Å²) in [5.41, 5.74) is 0.973. The third kappa shape index (κ3) is 2.24. The Balaban J connectivity index is 2.56. The number of hydrogen-bond acceptors (Lipinski definition) is 4. The maximum absolute atomic E-state index is 6.19. The van der Waals surface area contributed by atoms with Gasteiger partial charge in [-0.25, -0.2) is 4.68 Å². The number of hydrogen-bond donors (Lipinski definition) is 0. The van der Waals surface area contributed by atoms with Crippen molar-refractivity contribution in [2.24, 2.45) is 0 Å². The largest absolute Gasteiger partial charge is 0.481 e. The molecule has 2 rings (SSSR count). The normalized spacial score (nSPS) is 10.9. The van der Waals surface area contributed by atoms with Crippen molar-refractivity contribution < 1.29 is 4.74 Å². The molecule has 0 radical (unpaired) electrons. The van der Waals surface area contributed by atoms with Crippen LogP contribution in [-0.4, -0.2) is 27.1 Å². The molecule has 0 aliphatic rings. The molecule has 0 bridgehead atoms. The predicted octanol–water partition coefficient (Wildman–Crippen LogP) is 2.45. The number of nitrogens with zero attached hydrogens (tertiary/aromatic N) is 4. The second kappa shape index (κ2) is 4.71. The first kappa shape index (κ1) is 11.9. The second-order valence-corrected chi connectivity index (χ2v) is 4.30. The van der Waals surface area contributed by atoms with Crippen LogP contribution in [0.5, 0.6) is 5.88 Å². The highest BCUT2D eigenvalue weighted by Gasteiger charge is 2.15. The standard InChI is InChI=1S/C11H13ClN4O/c1-7(2)8-6-9(12)10(14-11(8)17-3)16-5-4-13-15-16/h4-7H,1-3H3. The fourth-order valence-corrected chi connectivity index (χ4v) is 1.78. The van der Waals surface area contributed by atoms with Gasteiger partial charge in [0.2, 0.25) is 5.88 Å². The molecule has 0 saturated heterocycles. The maximum Gasteiger partial charge on any atom is 0.218 e. The first-order valence-electron chi connectivity index (χ1n) is 5.24. The minimum Gasteiger partial charge on any atom is -0.481 e. The highest BCUT2D eigenvalue weighted by Crippen LogP contribution is 2.30. The van der Waals surface area contributed by atoms with Gasteiger partial charge in [-0.15, -0.1) is 5.10 Å². The lowest BCUT2D eigenvalue weighted by Crippen LogP contribution is -2.05. The molecular formula is C11H13ClN4O. The van der Waals surface area contributed by atoms with Crippen molar-refractivity contribution in [3.63, 3.8) is 0 Å². The zero-order chi connectivity index (χ0) is 12.4. The molecule has 2 aromatic heterocycles. The van der Waals surface area contributed by atoms with Crippen LogP contribution < -0.4 is 4.74 Å². The SMILES string of the molecule is COc1nc(-n2ccnn2)c(Cl)cc1C(C)C. The van der Waals surface area contributed by atoms with Crippen molar-refractivity contribution in [3.8, 4) is 11.7 Å². The molecule has 0 atom stereocenters. The third-order valence-corrected chi connectivity index (χ3v) is 2.68. The summed E-state index contributed by atoms with van der Waals surface area (Å²) in [6, 6.07) is 1.86. The Morgan fingerprint density at radius 3 is 2.71 bits per heavy atom. The van der Waals surface area contributed by atoms with Gasteiger partial charge in [0.25, 0.3) is 0 Å². The Kier molecular flexibility index (Phi) is 3.28. The molecule has 17 heavy (non-hydrogen) atoms. The molecular weight excluding hydrogens is 240 g/mol. The highest BCUT2D eigenvalue weighted by atomic mass is 35.5. The summed E-state index contributed by atoms with van der Waals surface area (Å²) < 4.78 is 6.78. The number of rotatable bonds is 3. The summed E-state index contributed by atoms with van der Waals surface area (Å²) >= 11 is 6.19. The summed E-state index contributed by atoms with van der Waals surface area (Å²) in [4.78, 5) is 4.36. The first-order valence-corrected chi connectivity index (χ1v) is 5.62. The van der Waals surface area contributed by atoms with Gasteiger partial charge >= 0.3 is 0 Å². The van der Waals surface area contributed by atoms with Gasteiger partial charge in [0.15, 0.2) is 5.82 Å². The van der Waals surface area contributed by atoms with E-state index in [4.69, 9.17) is 16.3 Å². The maximum atomic E-state index is 6.19. The minimum atomic E-state index is 0.291. The van der Waals surface area contributed by atoms with Crippen LogP contribution in [-0.2, 0) is 0 Å². The molecule has 2 aromatic rings. The minimum absolute atomic E-state index is 0.291. The zero-order valence-electron chi connectivity index (χ0n) is 9.88. The summed E-state index contributed by atoms with van der Waals surface area (Å²) in [6.07, 6.45) is 3.25. The van der Waals surface area contributed by atoms with E-state index in [0.717, 1.165) is 5.56 Å². The fraction of sp³-hybridized carbons (Fsp3) is 0.364. The van der Waals surface area contributed by atoms with Gasteiger partial charge in [0, 0.05) is 5.56 Å². The predicted molar refractivity (Wildman–Crippen MR) is 64.8 cm³/mol. The van der Waals surface area contributed by atoms with Crippen molar-refractivity contribution >= 4 is 11.6 Å². The summed E-state index contributed by atoms with van der Waals surface area (Å²) in [5, 5.41) is 8.12. The van der Waals surface area contributed by atoms with Crippen molar-refractivity contribution in [3.05, 3.63) is 29.0 Å². The zero-order valence-corrected chi connectivity index (χ0v) is 10.6. The van der Waals surface area contributed by atoms with E-state index in [1.165, 1.54) is 4.68 Å². The van der Waals surface area contributed by atoms with E-state index in [1.54, 1.807) is 19.5 Å². The topological polar surface area (TPSA) is 52.8 Å². The van der Waals surface area contributed by atoms with E-state index in [2.05, 4.69) is 29.1 Å². The van der Waals surface area contributed by atoms with Crippen LogP contribution in [0.25, 0.3) is 5.82 Å². The van der Waals surface area contributed by atoms with Crippen LogP contribution in [0, 0.1) is 0 Å². The van der Waals surface area contributed by atoms with Gasteiger partial charge in [-0.3, -0.25) is 0 Å². The number of halogens is 1.